The van der Waals surface area contributed by atoms with Gasteiger partial charge in [0.2, 0.25) is 0 Å². The molecule has 1 rings (SSSR count). The fourth-order valence-electron chi connectivity index (χ4n) is 1.64. The van der Waals surface area contributed by atoms with E-state index in [0.717, 1.165) is 32.0 Å². The second-order valence-corrected chi connectivity index (χ2v) is 3.69. The smallest absolute Gasteiger partial charge is 0.0469 e. The Morgan fingerprint density at radius 1 is 1.46 bits per heavy atom. The van der Waals surface area contributed by atoms with Crippen molar-refractivity contribution in [1.29, 1.82) is 0 Å². The first-order chi connectivity index (χ1) is 6.43. The fourth-order valence-corrected chi connectivity index (χ4v) is 1.64. The van der Waals surface area contributed by atoms with E-state index in [9.17, 15) is 0 Å². The predicted molar refractivity (Wildman–Crippen MR) is 55.8 cm³/mol. The third-order valence-corrected chi connectivity index (χ3v) is 2.53. The van der Waals surface area contributed by atoms with Gasteiger partial charge in [0.05, 0.1) is 0 Å². The van der Waals surface area contributed by atoms with E-state index in [1.165, 1.54) is 25.9 Å². The number of ether oxygens (including phenoxy) is 1. The molecule has 1 aliphatic rings. The molecule has 1 fully saturated rings. The number of unbranched alkanes of at least 4 members (excludes halogenated alkanes) is 1. The SMILES string of the molecule is C=CCCCOCCC1CCNC1. The van der Waals surface area contributed by atoms with Crippen LogP contribution in [0.3, 0.4) is 0 Å². The largest absolute Gasteiger partial charge is 0.381 e. The molecule has 0 aromatic rings. The van der Waals surface area contributed by atoms with Gasteiger partial charge < -0.3 is 10.1 Å². The second-order valence-electron chi connectivity index (χ2n) is 3.69. The van der Waals surface area contributed by atoms with E-state index in [1.54, 1.807) is 0 Å². The third-order valence-electron chi connectivity index (χ3n) is 2.53. The fraction of sp³-hybridized carbons (Fsp3) is 0.818. The second kappa shape index (κ2) is 7.10. The van der Waals surface area contributed by atoms with Gasteiger partial charge in [-0.2, -0.15) is 0 Å². The van der Waals surface area contributed by atoms with Gasteiger partial charge in [-0.15, -0.1) is 6.58 Å². The van der Waals surface area contributed by atoms with Gasteiger partial charge in [0, 0.05) is 13.2 Å². The third kappa shape index (κ3) is 5.06. The summed E-state index contributed by atoms with van der Waals surface area (Å²) in [6.45, 7) is 7.89. The molecule has 2 nitrogen and oxygen atoms in total. The Morgan fingerprint density at radius 3 is 3.08 bits per heavy atom. The average Bonchev–Trinajstić information content (AvgIpc) is 2.63. The number of rotatable bonds is 7. The minimum absolute atomic E-state index is 0.861. The number of hydrogen-bond donors (Lipinski definition) is 1. The molecule has 0 aromatic heterocycles. The zero-order chi connectivity index (χ0) is 9.36. The highest BCUT2D eigenvalue weighted by Crippen LogP contribution is 2.11. The van der Waals surface area contributed by atoms with Crippen LogP contribution in [0.2, 0.25) is 0 Å². The lowest BCUT2D eigenvalue weighted by atomic mass is 10.1. The molecule has 1 unspecified atom stereocenters. The minimum atomic E-state index is 0.861. The Kier molecular flexibility index (Phi) is 5.87. The lowest BCUT2D eigenvalue weighted by Gasteiger charge is -2.07. The molecular formula is C11H21NO. The zero-order valence-electron chi connectivity index (χ0n) is 8.43. The zero-order valence-corrected chi connectivity index (χ0v) is 8.43. The molecule has 0 spiro atoms. The molecule has 1 heterocycles. The van der Waals surface area contributed by atoms with Crippen LogP contribution in [0.25, 0.3) is 0 Å². The molecule has 76 valence electrons. The summed E-state index contributed by atoms with van der Waals surface area (Å²) in [5.41, 5.74) is 0. The normalized spacial score (nSPS) is 22.0. The molecule has 0 radical (unpaired) electrons. The van der Waals surface area contributed by atoms with Crippen LogP contribution < -0.4 is 5.32 Å². The molecule has 0 saturated carbocycles. The minimum Gasteiger partial charge on any atom is -0.381 e. The molecule has 1 N–H and O–H groups in total. The van der Waals surface area contributed by atoms with Gasteiger partial charge in [0.15, 0.2) is 0 Å². The molecule has 13 heavy (non-hydrogen) atoms. The van der Waals surface area contributed by atoms with Crippen molar-refractivity contribution < 1.29 is 4.74 Å². The number of nitrogens with one attached hydrogen (secondary N) is 1. The quantitative estimate of drug-likeness (QED) is 0.481. The van der Waals surface area contributed by atoms with E-state index in [4.69, 9.17) is 4.74 Å². The van der Waals surface area contributed by atoms with E-state index < -0.39 is 0 Å². The maximum absolute atomic E-state index is 5.52. The Bertz CT molecular complexity index is 130. The first-order valence-electron chi connectivity index (χ1n) is 5.33. The molecule has 0 amide bonds. The van der Waals surface area contributed by atoms with E-state index in [0.29, 0.717) is 0 Å². The highest BCUT2D eigenvalue weighted by Gasteiger charge is 2.13. The van der Waals surface area contributed by atoms with E-state index in [2.05, 4.69) is 11.9 Å². The van der Waals surface area contributed by atoms with Gasteiger partial charge in [-0.25, -0.2) is 0 Å². The summed E-state index contributed by atoms with van der Waals surface area (Å²) in [7, 11) is 0. The lowest BCUT2D eigenvalue weighted by Crippen LogP contribution is -2.11. The van der Waals surface area contributed by atoms with Crippen LogP contribution in [-0.2, 0) is 4.74 Å². The Labute approximate surface area is 81.4 Å². The van der Waals surface area contributed by atoms with E-state index in [1.807, 2.05) is 6.08 Å². The molecule has 0 bridgehead atoms. The maximum Gasteiger partial charge on any atom is 0.0469 e. The predicted octanol–water partition coefficient (Wildman–Crippen LogP) is 1.97. The van der Waals surface area contributed by atoms with Crippen molar-refractivity contribution in [2.24, 2.45) is 5.92 Å². The van der Waals surface area contributed by atoms with Crippen LogP contribution >= 0.6 is 0 Å². The first kappa shape index (κ1) is 10.7. The van der Waals surface area contributed by atoms with Crippen molar-refractivity contribution in [3.05, 3.63) is 12.7 Å². The molecule has 1 aliphatic heterocycles. The maximum atomic E-state index is 5.52. The van der Waals surface area contributed by atoms with Gasteiger partial charge in [-0.1, -0.05) is 6.08 Å². The van der Waals surface area contributed by atoms with Crippen LogP contribution in [0, 0.1) is 5.92 Å². The van der Waals surface area contributed by atoms with Gasteiger partial charge in [-0.3, -0.25) is 0 Å². The Balaban J connectivity index is 1.80. The first-order valence-corrected chi connectivity index (χ1v) is 5.33. The summed E-state index contributed by atoms with van der Waals surface area (Å²) in [4.78, 5) is 0. The molecule has 2 heteroatoms. The topological polar surface area (TPSA) is 21.3 Å². The van der Waals surface area contributed by atoms with E-state index in [-0.39, 0.29) is 0 Å². The summed E-state index contributed by atoms with van der Waals surface area (Å²) in [5, 5.41) is 3.36. The summed E-state index contributed by atoms with van der Waals surface area (Å²) in [6.07, 6.45) is 6.69. The Hall–Kier alpha value is -0.340. The highest BCUT2D eigenvalue weighted by molar-refractivity contribution is 4.70. The van der Waals surface area contributed by atoms with Crippen molar-refractivity contribution in [1.82, 2.24) is 5.32 Å². The summed E-state index contributed by atoms with van der Waals surface area (Å²) >= 11 is 0. The number of hydrogen-bond acceptors (Lipinski definition) is 2. The summed E-state index contributed by atoms with van der Waals surface area (Å²) < 4.78 is 5.52. The molecule has 0 aromatic carbocycles. The van der Waals surface area contributed by atoms with Gasteiger partial charge in [0.1, 0.15) is 0 Å². The van der Waals surface area contributed by atoms with Crippen molar-refractivity contribution in [3.63, 3.8) is 0 Å². The monoisotopic (exact) mass is 183 g/mol. The van der Waals surface area contributed by atoms with Gasteiger partial charge in [-0.05, 0) is 44.7 Å². The van der Waals surface area contributed by atoms with Gasteiger partial charge >= 0.3 is 0 Å². The Morgan fingerprint density at radius 2 is 2.38 bits per heavy atom. The standard InChI is InChI=1S/C11H21NO/c1-2-3-4-8-13-9-6-11-5-7-12-10-11/h2,11-12H,1,3-10H2. The average molecular weight is 183 g/mol. The van der Waals surface area contributed by atoms with Crippen LogP contribution in [0.1, 0.15) is 25.7 Å². The van der Waals surface area contributed by atoms with Crippen molar-refractivity contribution in [2.75, 3.05) is 26.3 Å². The van der Waals surface area contributed by atoms with Gasteiger partial charge in [0.25, 0.3) is 0 Å². The van der Waals surface area contributed by atoms with Crippen molar-refractivity contribution in [3.8, 4) is 0 Å². The van der Waals surface area contributed by atoms with Crippen LogP contribution in [0.5, 0.6) is 0 Å². The molecule has 1 saturated heterocycles. The molecule has 0 aliphatic carbocycles. The van der Waals surface area contributed by atoms with Crippen molar-refractivity contribution in [2.45, 2.75) is 25.7 Å². The molecular weight excluding hydrogens is 162 g/mol. The van der Waals surface area contributed by atoms with Crippen LogP contribution in [0.4, 0.5) is 0 Å². The lowest BCUT2D eigenvalue weighted by molar-refractivity contribution is 0.120. The summed E-state index contributed by atoms with van der Waals surface area (Å²) in [6, 6.07) is 0. The molecule has 1 atom stereocenters. The van der Waals surface area contributed by atoms with Crippen molar-refractivity contribution >= 4 is 0 Å². The van der Waals surface area contributed by atoms with E-state index >= 15 is 0 Å². The number of allylic oxidation sites excluding steroid dienone is 1. The summed E-state index contributed by atoms with van der Waals surface area (Å²) in [5.74, 6) is 0.861. The highest BCUT2D eigenvalue weighted by atomic mass is 16.5. The van der Waals surface area contributed by atoms with Crippen LogP contribution in [-0.4, -0.2) is 26.3 Å². The van der Waals surface area contributed by atoms with Crippen LogP contribution in [0.15, 0.2) is 12.7 Å².